The number of aromatic nitrogens is 1. The maximum absolute atomic E-state index is 12.2. The van der Waals surface area contributed by atoms with Crippen molar-refractivity contribution in [2.45, 2.75) is 13.8 Å². The van der Waals surface area contributed by atoms with Gasteiger partial charge in [0.05, 0.1) is 11.4 Å². The summed E-state index contributed by atoms with van der Waals surface area (Å²) in [6, 6.07) is 16.9. The van der Waals surface area contributed by atoms with Crippen LogP contribution in [0.1, 0.15) is 23.7 Å². The average Bonchev–Trinajstić information content (AvgIpc) is 3.30. The van der Waals surface area contributed by atoms with Gasteiger partial charge in [-0.1, -0.05) is 35.9 Å². The first-order valence-electron chi connectivity index (χ1n) is 8.92. The number of benzene rings is 2. The number of aliphatic imine (C=N–C) groups is 1. The second-order valence-corrected chi connectivity index (χ2v) is 7.29. The number of carbonyl (C=O) groups is 2. The van der Waals surface area contributed by atoms with Crippen LogP contribution in [0, 0.1) is 6.92 Å². The fraction of sp³-hybridized carbons (Fsp3) is 0.0909. The third kappa shape index (κ3) is 4.00. The van der Waals surface area contributed by atoms with Gasteiger partial charge in [0.15, 0.2) is 10.8 Å². The summed E-state index contributed by atoms with van der Waals surface area (Å²) in [5.74, 6) is -0.401. The van der Waals surface area contributed by atoms with Crippen LogP contribution in [0.2, 0.25) is 0 Å². The van der Waals surface area contributed by atoms with E-state index in [1.165, 1.54) is 23.2 Å². The number of rotatable bonds is 4. The minimum atomic E-state index is -0.525. The summed E-state index contributed by atoms with van der Waals surface area (Å²) in [4.78, 5) is 34.7. The van der Waals surface area contributed by atoms with E-state index in [1.54, 1.807) is 11.5 Å². The van der Waals surface area contributed by atoms with Crippen LogP contribution < -0.4 is 4.90 Å². The standard InChI is InChI=1S/C22H17N3O3S/c1-14-7-6-8-16(11-14)20-24-19(21(27)28-20)12-17-13-29-22(23-17)25(15(2)26)18-9-4-3-5-10-18/h3-13H,1-2H3. The molecule has 7 heteroatoms. The van der Waals surface area contributed by atoms with E-state index in [1.807, 2.05) is 61.5 Å². The molecule has 1 aliphatic heterocycles. The molecule has 0 N–H and O–H groups in total. The lowest BCUT2D eigenvalue weighted by molar-refractivity contribution is -0.130. The van der Waals surface area contributed by atoms with Crippen LogP contribution in [-0.2, 0) is 14.3 Å². The van der Waals surface area contributed by atoms with Gasteiger partial charge in [0, 0.05) is 17.9 Å². The molecule has 0 fully saturated rings. The van der Waals surface area contributed by atoms with E-state index < -0.39 is 5.97 Å². The number of hydrogen-bond acceptors (Lipinski definition) is 6. The molecule has 1 amide bonds. The smallest absolute Gasteiger partial charge is 0.363 e. The summed E-state index contributed by atoms with van der Waals surface area (Å²) in [6.07, 6.45) is 1.56. The highest BCUT2D eigenvalue weighted by atomic mass is 32.1. The first-order chi connectivity index (χ1) is 14.0. The van der Waals surface area contributed by atoms with Crippen LogP contribution in [-0.4, -0.2) is 22.8 Å². The van der Waals surface area contributed by atoms with Crippen molar-refractivity contribution in [3.63, 3.8) is 0 Å². The second kappa shape index (κ2) is 7.81. The number of carbonyl (C=O) groups excluding carboxylic acids is 2. The van der Waals surface area contributed by atoms with Crippen molar-refractivity contribution in [2.75, 3.05) is 4.90 Å². The predicted octanol–water partition coefficient (Wildman–Crippen LogP) is 4.48. The Kier molecular flexibility index (Phi) is 5.05. The van der Waals surface area contributed by atoms with E-state index in [9.17, 15) is 9.59 Å². The summed E-state index contributed by atoms with van der Waals surface area (Å²) < 4.78 is 5.30. The fourth-order valence-electron chi connectivity index (χ4n) is 2.90. The van der Waals surface area contributed by atoms with Crippen molar-refractivity contribution in [2.24, 2.45) is 4.99 Å². The van der Waals surface area contributed by atoms with Crippen molar-refractivity contribution < 1.29 is 14.3 Å². The normalized spacial score (nSPS) is 14.6. The zero-order valence-corrected chi connectivity index (χ0v) is 16.6. The lowest BCUT2D eigenvalue weighted by Crippen LogP contribution is -2.22. The molecule has 144 valence electrons. The maximum atomic E-state index is 12.2. The molecular formula is C22H17N3O3S. The van der Waals surface area contributed by atoms with Crippen LogP contribution >= 0.6 is 11.3 Å². The summed E-state index contributed by atoms with van der Waals surface area (Å²) in [5.41, 5.74) is 3.23. The van der Waals surface area contributed by atoms with Crippen molar-refractivity contribution in [1.82, 2.24) is 4.98 Å². The third-order valence-electron chi connectivity index (χ3n) is 4.20. The summed E-state index contributed by atoms with van der Waals surface area (Å²) in [5, 5.41) is 2.29. The summed E-state index contributed by atoms with van der Waals surface area (Å²) in [7, 11) is 0. The molecule has 29 heavy (non-hydrogen) atoms. The number of thiazole rings is 1. The fourth-order valence-corrected chi connectivity index (χ4v) is 3.74. The van der Waals surface area contributed by atoms with Gasteiger partial charge in [-0.2, -0.15) is 0 Å². The lowest BCUT2D eigenvalue weighted by atomic mass is 10.1. The van der Waals surface area contributed by atoms with Gasteiger partial charge in [0.1, 0.15) is 0 Å². The summed E-state index contributed by atoms with van der Waals surface area (Å²) in [6.45, 7) is 3.45. The number of ether oxygens (including phenoxy) is 1. The van der Waals surface area contributed by atoms with Gasteiger partial charge in [0.25, 0.3) is 0 Å². The Labute approximate surface area is 171 Å². The number of aryl methyl sites for hydroxylation is 1. The molecule has 4 rings (SSSR count). The van der Waals surface area contributed by atoms with Gasteiger partial charge in [-0.3, -0.25) is 9.69 Å². The monoisotopic (exact) mass is 403 g/mol. The van der Waals surface area contributed by atoms with Crippen LogP contribution in [0.3, 0.4) is 0 Å². The zero-order valence-electron chi connectivity index (χ0n) is 15.8. The molecule has 0 bridgehead atoms. The van der Waals surface area contributed by atoms with Gasteiger partial charge in [-0.25, -0.2) is 14.8 Å². The number of esters is 1. The molecule has 0 spiro atoms. The number of hydrogen-bond donors (Lipinski definition) is 0. The van der Waals surface area contributed by atoms with Crippen molar-refractivity contribution in [3.05, 3.63) is 82.5 Å². The largest absolute Gasteiger partial charge is 0.402 e. The molecule has 0 saturated carbocycles. The van der Waals surface area contributed by atoms with Crippen LogP contribution in [0.4, 0.5) is 10.8 Å². The predicted molar refractivity (Wildman–Crippen MR) is 113 cm³/mol. The Balaban J connectivity index is 1.63. The third-order valence-corrected chi connectivity index (χ3v) is 5.04. The first kappa shape index (κ1) is 18.8. The second-order valence-electron chi connectivity index (χ2n) is 6.45. The Bertz CT molecular complexity index is 1150. The first-order valence-corrected chi connectivity index (χ1v) is 9.80. The van der Waals surface area contributed by atoms with Crippen molar-refractivity contribution in [1.29, 1.82) is 0 Å². The molecule has 1 aromatic heterocycles. The van der Waals surface area contributed by atoms with Gasteiger partial charge in [0.2, 0.25) is 11.8 Å². The SMILES string of the molecule is CC(=O)N(c1ccccc1)c1nc(C=C2N=C(c3cccc(C)c3)OC2=O)cs1. The molecule has 0 radical (unpaired) electrons. The van der Waals surface area contributed by atoms with Gasteiger partial charge in [-0.15, -0.1) is 11.3 Å². The van der Waals surface area contributed by atoms with E-state index >= 15 is 0 Å². The highest BCUT2D eigenvalue weighted by molar-refractivity contribution is 7.14. The van der Waals surface area contributed by atoms with Gasteiger partial charge >= 0.3 is 5.97 Å². The summed E-state index contributed by atoms with van der Waals surface area (Å²) >= 11 is 1.31. The molecular weight excluding hydrogens is 386 g/mol. The van der Waals surface area contributed by atoms with Gasteiger partial charge < -0.3 is 4.74 Å². The highest BCUT2D eigenvalue weighted by Gasteiger charge is 2.25. The number of cyclic esters (lactones) is 1. The van der Waals surface area contributed by atoms with Crippen LogP contribution in [0.5, 0.6) is 0 Å². The highest BCUT2D eigenvalue weighted by Crippen LogP contribution is 2.30. The molecule has 2 aromatic carbocycles. The van der Waals surface area contributed by atoms with E-state index in [0.717, 1.165) is 16.8 Å². The van der Waals surface area contributed by atoms with E-state index in [2.05, 4.69) is 9.98 Å². The molecule has 2 heterocycles. The Hall–Kier alpha value is -3.58. The minimum Gasteiger partial charge on any atom is -0.402 e. The molecule has 0 aliphatic carbocycles. The number of para-hydroxylation sites is 1. The molecule has 1 aliphatic rings. The minimum absolute atomic E-state index is 0.148. The Morgan fingerprint density at radius 1 is 1.14 bits per heavy atom. The molecule has 0 unspecified atom stereocenters. The van der Waals surface area contributed by atoms with Crippen molar-refractivity contribution in [3.8, 4) is 0 Å². The van der Waals surface area contributed by atoms with Crippen molar-refractivity contribution >= 4 is 46.0 Å². The Morgan fingerprint density at radius 3 is 2.66 bits per heavy atom. The lowest BCUT2D eigenvalue weighted by Gasteiger charge is -2.17. The van der Waals surface area contributed by atoms with E-state index in [0.29, 0.717) is 10.8 Å². The molecule has 6 nitrogen and oxygen atoms in total. The van der Waals surface area contributed by atoms with E-state index in [4.69, 9.17) is 4.74 Å². The number of anilines is 2. The molecule has 0 atom stereocenters. The molecule has 3 aromatic rings. The molecule has 0 saturated heterocycles. The maximum Gasteiger partial charge on any atom is 0.363 e. The van der Waals surface area contributed by atoms with Crippen LogP contribution in [0.15, 0.2) is 70.7 Å². The topological polar surface area (TPSA) is 71.9 Å². The van der Waals surface area contributed by atoms with E-state index in [-0.39, 0.29) is 17.5 Å². The number of amides is 1. The zero-order chi connectivity index (χ0) is 20.4. The quantitative estimate of drug-likeness (QED) is 0.476. The number of nitrogens with zero attached hydrogens (tertiary/aromatic N) is 3. The average molecular weight is 403 g/mol. The van der Waals surface area contributed by atoms with Gasteiger partial charge in [-0.05, 0) is 37.3 Å². The van der Waals surface area contributed by atoms with Crippen LogP contribution in [0.25, 0.3) is 6.08 Å². The Morgan fingerprint density at radius 2 is 1.93 bits per heavy atom.